The van der Waals surface area contributed by atoms with Crippen LogP contribution in [-0.4, -0.2) is 9.78 Å². The lowest BCUT2D eigenvalue weighted by Gasteiger charge is -2.05. The molecule has 0 aliphatic heterocycles. The smallest absolute Gasteiger partial charge is 0.0762 e. The number of nitrogens with zero attached hydrogens (tertiary/aromatic N) is 2. The molecular weight excluding hydrogens is 257 g/mol. The molecule has 1 heterocycles. The van der Waals surface area contributed by atoms with Gasteiger partial charge in [0.15, 0.2) is 0 Å². The first kappa shape index (κ1) is 12.4. The highest BCUT2D eigenvalue weighted by molar-refractivity contribution is 6.35. The van der Waals surface area contributed by atoms with Crippen LogP contribution in [0.25, 0.3) is 0 Å². The molecule has 0 unspecified atom stereocenters. The molecule has 5 heteroatoms. The first-order valence-corrected chi connectivity index (χ1v) is 6.04. The molecule has 90 valence electrons. The Morgan fingerprint density at radius 3 is 2.71 bits per heavy atom. The molecule has 17 heavy (non-hydrogen) atoms. The third-order valence-electron chi connectivity index (χ3n) is 2.41. The molecule has 0 radical (unpaired) electrons. The fraction of sp³-hybridized carbons (Fsp3) is 0.250. The van der Waals surface area contributed by atoms with Crippen LogP contribution < -0.4 is 5.32 Å². The fourth-order valence-electron chi connectivity index (χ4n) is 1.55. The molecule has 3 nitrogen and oxygen atoms in total. The van der Waals surface area contributed by atoms with E-state index in [0.29, 0.717) is 16.6 Å². The highest BCUT2D eigenvalue weighted by Crippen LogP contribution is 2.20. The van der Waals surface area contributed by atoms with E-state index >= 15 is 0 Å². The Hall–Kier alpha value is -1.03. The summed E-state index contributed by atoms with van der Waals surface area (Å²) in [6.07, 6.45) is 1.92. The van der Waals surface area contributed by atoms with Gasteiger partial charge in [-0.3, -0.25) is 4.68 Å². The molecule has 0 amide bonds. The zero-order valence-corrected chi connectivity index (χ0v) is 11.0. The van der Waals surface area contributed by atoms with Gasteiger partial charge in [0.05, 0.1) is 5.69 Å². The molecule has 1 N–H and O–H groups in total. The summed E-state index contributed by atoms with van der Waals surface area (Å²) in [5.74, 6) is 0. The van der Waals surface area contributed by atoms with Crippen molar-refractivity contribution in [3.63, 3.8) is 0 Å². The van der Waals surface area contributed by atoms with Crippen molar-refractivity contribution in [2.24, 2.45) is 7.05 Å². The van der Waals surface area contributed by atoms with Crippen molar-refractivity contribution in [1.29, 1.82) is 0 Å². The zero-order chi connectivity index (χ0) is 12.3. The van der Waals surface area contributed by atoms with Gasteiger partial charge in [0.2, 0.25) is 0 Å². The van der Waals surface area contributed by atoms with Crippen LogP contribution in [0.4, 0.5) is 0 Å². The number of rotatable bonds is 4. The molecule has 2 rings (SSSR count). The van der Waals surface area contributed by atoms with E-state index in [4.69, 9.17) is 23.2 Å². The van der Waals surface area contributed by atoms with E-state index in [1.807, 2.05) is 31.4 Å². The number of hydrogen-bond acceptors (Lipinski definition) is 2. The van der Waals surface area contributed by atoms with Crippen molar-refractivity contribution >= 4 is 23.2 Å². The number of nitrogens with one attached hydrogen (secondary N) is 1. The monoisotopic (exact) mass is 269 g/mol. The van der Waals surface area contributed by atoms with E-state index in [-0.39, 0.29) is 0 Å². The third-order valence-corrected chi connectivity index (χ3v) is 2.99. The normalized spacial score (nSPS) is 10.8. The van der Waals surface area contributed by atoms with Gasteiger partial charge in [-0.25, -0.2) is 0 Å². The van der Waals surface area contributed by atoms with Crippen LogP contribution in [0.5, 0.6) is 0 Å². The minimum Gasteiger partial charge on any atom is -0.307 e. The van der Waals surface area contributed by atoms with E-state index in [0.717, 1.165) is 17.8 Å². The number of aromatic nitrogens is 2. The average Bonchev–Trinajstić information content (AvgIpc) is 2.68. The van der Waals surface area contributed by atoms with Crippen molar-refractivity contribution in [2.45, 2.75) is 13.1 Å². The second kappa shape index (κ2) is 5.54. The summed E-state index contributed by atoms with van der Waals surface area (Å²) >= 11 is 11.9. The van der Waals surface area contributed by atoms with Crippen molar-refractivity contribution in [1.82, 2.24) is 15.1 Å². The molecule has 0 atom stereocenters. The number of hydrogen-bond donors (Lipinski definition) is 1. The molecule has 0 spiro atoms. The lowest BCUT2D eigenvalue weighted by Crippen LogP contribution is -2.13. The summed E-state index contributed by atoms with van der Waals surface area (Å²) in [7, 11) is 1.90. The van der Waals surface area contributed by atoms with Gasteiger partial charge in [0, 0.05) is 36.4 Å². The lowest BCUT2D eigenvalue weighted by atomic mass is 10.2. The number of halogens is 2. The minimum atomic E-state index is 0.656. The number of aryl methyl sites for hydroxylation is 1. The Labute approximate surface area is 110 Å². The molecule has 0 fully saturated rings. The maximum atomic E-state index is 6.07. The van der Waals surface area contributed by atoms with Crippen molar-refractivity contribution in [3.8, 4) is 0 Å². The highest BCUT2D eigenvalue weighted by atomic mass is 35.5. The Balaban J connectivity index is 1.90. The van der Waals surface area contributed by atoms with Gasteiger partial charge in [0.1, 0.15) is 0 Å². The summed E-state index contributed by atoms with van der Waals surface area (Å²) in [4.78, 5) is 0. The Morgan fingerprint density at radius 2 is 2.06 bits per heavy atom. The van der Waals surface area contributed by atoms with Crippen LogP contribution in [0.15, 0.2) is 30.5 Å². The van der Waals surface area contributed by atoms with Crippen molar-refractivity contribution in [2.75, 3.05) is 0 Å². The van der Waals surface area contributed by atoms with Gasteiger partial charge >= 0.3 is 0 Å². The molecule has 2 aromatic rings. The standard InChI is InChI=1S/C12H13Cl2N3/c1-17-5-4-11(16-17)8-15-7-9-2-3-10(13)6-12(9)14/h2-6,15H,7-8H2,1H3. The maximum Gasteiger partial charge on any atom is 0.0762 e. The summed E-state index contributed by atoms with van der Waals surface area (Å²) in [6.45, 7) is 1.42. The minimum absolute atomic E-state index is 0.656. The van der Waals surface area contributed by atoms with Crippen LogP contribution in [0.2, 0.25) is 10.0 Å². The molecule has 0 saturated carbocycles. The third kappa shape index (κ3) is 3.46. The summed E-state index contributed by atoms with van der Waals surface area (Å²) in [5.41, 5.74) is 2.05. The van der Waals surface area contributed by atoms with Gasteiger partial charge in [0.25, 0.3) is 0 Å². The quantitative estimate of drug-likeness (QED) is 0.925. The molecule has 0 saturated heterocycles. The van der Waals surface area contributed by atoms with Crippen LogP contribution in [0.1, 0.15) is 11.3 Å². The number of benzene rings is 1. The first-order chi connectivity index (χ1) is 8.15. The SMILES string of the molecule is Cn1ccc(CNCc2ccc(Cl)cc2Cl)n1. The largest absolute Gasteiger partial charge is 0.307 e. The Bertz CT molecular complexity index is 508. The fourth-order valence-corrected chi connectivity index (χ4v) is 2.02. The van der Waals surface area contributed by atoms with E-state index in [9.17, 15) is 0 Å². The van der Waals surface area contributed by atoms with Gasteiger partial charge in [-0.05, 0) is 23.8 Å². The second-order valence-corrected chi connectivity index (χ2v) is 4.66. The summed E-state index contributed by atoms with van der Waals surface area (Å²) in [6, 6.07) is 7.50. The first-order valence-electron chi connectivity index (χ1n) is 5.28. The summed E-state index contributed by atoms with van der Waals surface area (Å²) < 4.78 is 1.78. The average molecular weight is 270 g/mol. The highest BCUT2D eigenvalue weighted by Gasteiger charge is 2.01. The molecule has 1 aromatic heterocycles. The van der Waals surface area contributed by atoms with Crippen molar-refractivity contribution in [3.05, 3.63) is 51.8 Å². The van der Waals surface area contributed by atoms with Gasteiger partial charge in [-0.15, -0.1) is 0 Å². The van der Waals surface area contributed by atoms with Crippen LogP contribution >= 0.6 is 23.2 Å². The Morgan fingerprint density at radius 1 is 1.24 bits per heavy atom. The van der Waals surface area contributed by atoms with Crippen LogP contribution in [0, 0.1) is 0 Å². The van der Waals surface area contributed by atoms with Crippen LogP contribution in [-0.2, 0) is 20.1 Å². The Kier molecular flexibility index (Phi) is 4.05. The molecule has 0 aliphatic rings. The van der Waals surface area contributed by atoms with Gasteiger partial charge in [-0.1, -0.05) is 29.3 Å². The van der Waals surface area contributed by atoms with E-state index in [1.54, 1.807) is 10.7 Å². The maximum absolute atomic E-state index is 6.07. The van der Waals surface area contributed by atoms with Gasteiger partial charge in [-0.2, -0.15) is 5.10 Å². The lowest BCUT2D eigenvalue weighted by molar-refractivity contribution is 0.656. The summed E-state index contributed by atoms with van der Waals surface area (Å²) in [5, 5.41) is 8.91. The van der Waals surface area contributed by atoms with E-state index in [1.165, 1.54) is 0 Å². The molecule has 0 aliphatic carbocycles. The zero-order valence-electron chi connectivity index (χ0n) is 9.45. The molecule has 0 bridgehead atoms. The van der Waals surface area contributed by atoms with Crippen molar-refractivity contribution < 1.29 is 0 Å². The van der Waals surface area contributed by atoms with E-state index in [2.05, 4.69) is 10.4 Å². The second-order valence-electron chi connectivity index (χ2n) is 3.82. The topological polar surface area (TPSA) is 29.9 Å². The predicted octanol–water partition coefficient (Wildman–Crippen LogP) is 3.02. The van der Waals surface area contributed by atoms with Crippen LogP contribution in [0.3, 0.4) is 0 Å². The predicted molar refractivity (Wildman–Crippen MR) is 70.2 cm³/mol. The molecule has 1 aromatic carbocycles. The molecular formula is C12H13Cl2N3. The van der Waals surface area contributed by atoms with E-state index < -0.39 is 0 Å². The van der Waals surface area contributed by atoms with Gasteiger partial charge < -0.3 is 5.32 Å².